The number of nitrogens with one attached hydrogen (secondary N) is 1. The van der Waals surface area contributed by atoms with Crippen molar-refractivity contribution in [3.8, 4) is 0 Å². The number of aryl methyl sites for hydroxylation is 1. The van der Waals surface area contributed by atoms with Gasteiger partial charge in [-0.25, -0.2) is 10.0 Å². The zero-order valence-corrected chi connectivity index (χ0v) is 13.1. The summed E-state index contributed by atoms with van der Waals surface area (Å²) in [5, 5.41) is 8.19. The minimum atomic E-state index is 0.00753. The van der Waals surface area contributed by atoms with Crippen LogP contribution in [-0.4, -0.2) is 35.7 Å². The van der Waals surface area contributed by atoms with Gasteiger partial charge in [-0.3, -0.25) is 9.63 Å². The van der Waals surface area contributed by atoms with Gasteiger partial charge in [-0.05, 0) is 38.1 Å². The summed E-state index contributed by atoms with van der Waals surface area (Å²) in [6.45, 7) is 4.54. The van der Waals surface area contributed by atoms with Gasteiger partial charge < -0.3 is 5.32 Å². The number of amides is 1. The quantitative estimate of drug-likeness (QED) is 0.908. The lowest BCUT2D eigenvalue weighted by atomic mass is 9.82. The Morgan fingerprint density at radius 1 is 1.52 bits per heavy atom. The van der Waals surface area contributed by atoms with Gasteiger partial charge in [-0.2, -0.15) is 0 Å². The number of nitrogens with zero attached hydrogens (tertiary/aromatic N) is 2. The number of piperidine rings is 1. The molecule has 6 heteroatoms. The van der Waals surface area contributed by atoms with Gasteiger partial charge in [-0.15, -0.1) is 11.3 Å². The van der Waals surface area contributed by atoms with Crippen LogP contribution in [0.15, 0.2) is 5.38 Å². The number of hydroxylamine groups is 2. The minimum absolute atomic E-state index is 0.00753. The molecule has 0 aromatic carbocycles. The lowest BCUT2D eigenvalue weighted by molar-refractivity contribution is -0.185. The molecule has 1 aromatic rings. The SMILES string of the molecule is Cc1nc([C@@H]2CCON2C(=O)C2CCNCC23CC3)cs1. The molecule has 114 valence electrons. The number of aromatic nitrogens is 1. The maximum atomic E-state index is 13.0. The van der Waals surface area contributed by atoms with Crippen LogP contribution in [0.4, 0.5) is 0 Å². The summed E-state index contributed by atoms with van der Waals surface area (Å²) >= 11 is 1.64. The van der Waals surface area contributed by atoms with Crippen molar-refractivity contribution in [2.45, 2.75) is 38.6 Å². The van der Waals surface area contributed by atoms with Crippen LogP contribution < -0.4 is 5.32 Å². The van der Waals surface area contributed by atoms with Gasteiger partial charge in [0.25, 0.3) is 5.91 Å². The molecule has 3 fully saturated rings. The molecule has 0 radical (unpaired) electrons. The maximum absolute atomic E-state index is 13.0. The second kappa shape index (κ2) is 5.04. The zero-order valence-electron chi connectivity index (χ0n) is 12.3. The number of carbonyl (C=O) groups excluding carboxylic acids is 1. The average molecular weight is 307 g/mol. The Balaban J connectivity index is 1.55. The Kier molecular flexibility index (Phi) is 3.28. The van der Waals surface area contributed by atoms with Gasteiger partial charge in [0.2, 0.25) is 0 Å². The van der Waals surface area contributed by atoms with Crippen LogP contribution in [0.2, 0.25) is 0 Å². The van der Waals surface area contributed by atoms with E-state index in [2.05, 4.69) is 15.7 Å². The third kappa shape index (κ3) is 2.29. The largest absolute Gasteiger partial charge is 0.316 e. The fourth-order valence-electron chi connectivity index (χ4n) is 3.73. The van der Waals surface area contributed by atoms with Gasteiger partial charge in [-0.1, -0.05) is 0 Å². The number of hydrogen-bond donors (Lipinski definition) is 1. The molecule has 5 nitrogen and oxygen atoms in total. The van der Waals surface area contributed by atoms with Gasteiger partial charge in [0.1, 0.15) is 6.04 Å². The first-order valence-corrected chi connectivity index (χ1v) is 8.66. The first kappa shape index (κ1) is 13.7. The molecule has 3 heterocycles. The van der Waals surface area contributed by atoms with Crippen molar-refractivity contribution >= 4 is 17.2 Å². The number of thiazole rings is 1. The normalized spacial score (nSPS) is 30.8. The van der Waals surface area contributed by atoms with Crippen LogP contribution >= 0.6 is 11.3 Å². The smallest absolute Gasteiger partial charge is 0.250 e. The summed E-state index contributed by atoms with van der Waals surface area (Å²) in [6, 6.07) is 0.00753. The summed E-state index contributed by atoms with van der Waals surface area (Å²) in [5.41, 5.74) is 1.20. The Morgan fingerprint density at radius 2 is 2.38 bits per heavy atom. The Morgan fingerprint density at radius 3 is 3.10 bits per heavy atom. The molecular formula is C15H21N3O2S. The summed E-state index contributed by atoms with van der Waals surface area (Å²) < 4.78 is 0. The molecule has 3 aliphatic rings. The number of rotatable bonds is 2. The lowest BCUT2D eigenvalue weighted by Crippen LogP contribution is -2.46. The van der Waals surface area contributed by atoms with Crippen LogP contribution in [0.3, 0.4) is 0 Å². The van der Waals surface area contributed by atoms with E-state index < -0.39 is 0 Å². The van der Waals surface area contributed by atoms with E-state index in [1.807, 2.05) is 6.92 Å². The van der Waals surface area contributed by atoms with Crippen molar-refractivity contribution in [2.75, 3.05) is 19.7 Å². The first-order valence-electron chi connectivity index (χ1n) is 7.78. The highest BCUT2D eigenvalue weighted by Crippen LogP contribution is 2.55. The highest BCUT2D eigenvalue weighted by molar-refractivity contribution is 7.09. The monoisotopic (exact) mass is 307 g/mol. The molecule has 1 saturated carbocycles. The van der Waals surface area contributed by atoms with E-state index >= 15 is 0 Å². The number of carbonyl (C=O) groups is 1. The third-order valence-corrected chi connectivity index (χ3v) is 5.91. The molecule has 0 bridgehead atoms. The fourth-order valence-corrected chi connectivity index (χ4v) is 4.39. The topological polar surface area (TPSA) is 54.5 Å². The summed E-state index contributed by atoms with van der Waals surface area (Å²) in [6.07, 6.45) is 4.13. The highest BCUT2D eigenvalue weighted by atomic mass is 32.1. The van der Waals surface area contributed by atoms with Crippen molar-refractivity contribution in [1.82, 2.24) is 15.4 Å². The molecule has 1 N–H and O–H groups in total. The molecule has 1 spiro atoms. The molecule has 2 aliphatic heterocycles. The van der Waals surface area contributed by atoms with E-state index in [1.165, 1.54) is 12.8 Å². The molecule has 2 atom stereocenters. The van der Waals surface area contributed by atoms with Crippen LogP contribution in [0.5, 0.6) is 0 Å². The third-order valence-electron chi connectivity index (χ3n) is 5.12. The zero-order chi connectivity index (χ0) is 14.4. The molecule has 1 amide bonds. The van der Waals surface area contributed by atoms with Crippen molar-refractivity contribution < 1.29 is 9.63 Å². The molecule has 1 aliphatic carbocycles. The second-order valence-electron chi connectivity index (χ2n) is 6.47. The van der Waals surface area contributed by atoms with Gasteiger partial charge >= 0.3 is 0 Å². The van der Waals surface area contributed by atoms with E-state index in [-0.39, 0.29) is 23.3 Å². The molecule has 2 saturated heterocycles. The molecule has 1 unspecified atom stereocenters. The Hall–Kier alpha value is -0.980. The van der Waals surface area contributed by atoms with Gasteiger partial charge in [0.15, 0.2) is 0 Å². The average Bonchev–Trinajstić information content (AvgIpc) is 2.93. The predicted octanol–water partition coefficient (Wildman–Crippen LogP) is 2.05. The lowest BCUT2D eigenvalue weighted by Gasteiger charge is -2.34. The molecule has 21 heavy (non-hydrogen) atoms. The highest BCUT2D eigenvalue weighted by Gasteiger charge is 2.55. The van der Waals surface area contributed by atoms with Gasteiger partial charge in [0, 0.05) is 24.3 Å². The van der Waals surface area contributed by atoms with E-state index in [1.54, 1.807) is 16.4 Å². The van der Waals surface area contributed by atoms with Crippen molar-refractivity contribution in [1.29, 1.82) is 0 Å². The van der Waals surface area contributed by atoms with E-state index in [9.17, 15) is 4.79 Å². The second-order valence-corrected chi connectivity index (χ2v) is 7.54. The first-order chi connectivity index (χ1) is 10.2. The standard InChI is InChI=1S/C15H21N3O2S/c1-10-17-12(8-21-10)13-3-7-20-18(13)14(19)11-2-6-16-9-15(11)4-5-15/h8,11,13,16H,2-7,9H2,1H3/t11?,13-/m0/s1. The van der Waals surface area contributed by atoms with Crippen molar-refractivity contribution in [2.24, 2.45) is 11.3 Å². The molecular weight excluding hydrogens is 286 g/mol. The van der Waals surface area contributed by atoms with Crippen LogP contribution in [0.1, 0.15) is 42.4 Å². The van der Waals surface area contributed by atoms with E-state index in [0.717, 1.165) is 36.6 Å². The number of hydrogen-bond acceptors (Lipinski definition) is 5. The Labute approximate surface area is 128 Å². The summed E-state index contributed by atoms with van der Waals surface area (Å²) in [4.78, 5) is 23.2. The Bertz CT molecular complexity index is 555. The summed E-state index contributed by atoms with van der Waals surface area (Å²) in [7, 11) is 0. The van der Waals surface area contributed by atoms with Crippen molar-refractivity contribution in [3.63, 3.8) is 0 Å². The van der Waals surface area contributed by atoms with Crippen molar-refractivity contribution in [3.05, 3.63) is 16.1 Å². The minimum Gasteiger partial charge on any atom is -0.316 e. The van der Waals surface area contributed by atoms with Gasteiger partial charge in [0.05, 0.1) is 17.3 Å². The predicted molar refractivity (Wildman–Crippen MR) is 79.7 cm³/mol. The van der Waals surface area contributed by atoms with Crippen LogP contribution in [-0.2, 0) is 9.63 Å². The molecule has 4 rings (SSSR count). The van der Waals surface area contributed by atoms with E-state index in [0.29, 0.717) is 6.61 Å². The summed E-state index contributed by atoms with van der Waals surface area (Å²) in [5.74, 6) is 0.307. The fraction of sp³-hybridized carbons (Fsp3) is 0.733. The maximum Gasteiger partial charge on any atom is 0.250 e. The van der Waals surface area contributed by atoms with Crippen LogP contribution in [0, 0.1) is 18.3 Å². The molecule has 1 aromatic heterocycles. The van der Waals surface area contributed by atoms with Crippen LogP contribution in [0.25, 0.3) is 0 Å². The van der Waals surface area contributed by atoms with E-state index in [4.69, 9.17) is 4.84 Å².